The first-order valence-corrected chi connectivity index (χ1v) is 9.87. The van der Waals surface area contributed by atoms with Crippen molar-refractivity contribution in [3.05, 3.63) is 65.5 Å². The molecule has 0 spiro atoms. The van der Waals surface area contributed by atoms with Crippen LogP contribution in [0.4, 0.5) is 4.39 Å². The van der Waals surface area contributed by atoms with Crippen LogP contribution in [-0.4, -0.2) is 50.8 Å². The van der Waals surface area contributed by atoms with Crippen molar-refractivity contribution in [3.63, 3.8) is 0 Å². The third-order valence-corrected chi connectivity index (χ3v) is 6.01. The Labute approximate surface area is 161 Å². The zero-order chi connectivity index (χ0) is 20.1. The second kappa shape index (κ2) is 8.46. The van der Waals surface area contributed by atoms with Gasteiger partial charge in [-0.1, -0.05) is 18.2 Å². The monoisotopic (exact) mass is 407 g/mol. The van der Waals surface area contributed by atoms with E-state index in [0.717, 1.165) is 18.2 Å². The van der Waals surface area contributed by atoms with E-state index in [1.807, 2.05) is 0 Å². The minimum Gasteiger partial charge on any atom is -0.379 e. The standard InChI is InChI=1S/C18H18FN3O5S/c19-16-7-6-14(28(25,26)22-8-10-27-11-9-22)12-15(16)18(24)21-20-17(23)13-4-2-1-3-5-13/h1-7,12H,8-11H2,(H,20,23)(H,21,24). The Morgan fingerprint density at radius 2 is 1.61 bits per heavy atom. The molecule has 28 heavy (non-hydrogen) atoms. The Hall–Kier alpha value is -2.82. The highest BCUT2D eigenvalue weighted by Gasteiger charge is 2.28. The van der Waals surface area contributed by atoms with Gasteiger partial charge in [-0.25, -0.2) is 12.8 Å². The van der Waals surface area contributed by atoms with Gasteiger partial charge in [0.1, 0.15) is 5.82 Å². The van der Waals surface area contributed by atoms with Crippen LogP contribution in [0.2, 0.25) is 0 Å². The number of amides is 2. The maximum Gasteiger partial charge on any atom is 0.272 e. The predicted octanol–water partition coefficient (Wildman–Crippen LogP) is 0.921. The second-order valence-corrected chi connectivity index (χ2v) is 7.87. The quantitative estimate of drug-likeness (QED) is 0.734. The number of carbonyl (C=O) groups excluding carboxylic acids is 2. The molecule has 0 unspecified atom stereocenters. The Morgan fingerprint density at radius 3 is 2.29 bits per heavy atom. The van der Waals surface area contributed by atoms with Crippen LogP contribution in [0.25, 0.3) is 0 Å². The van der Waals surface area contributed by atoms with Crippen molar-refractivity contribution >= 4 is 21.8 Å². The Morgan fingerprint density at radius 1 is 0.964 bits per heavy atom. The number of nitrogens with one attached hydrogen (secondary N) is 2. The molecule has 0 radical (unpaired) electrons. The minimum atomic E-state index is -3.89. The number of hydrogen-bond donors (Lipinski definition) is 2. The summed E-state index contributed by atoms with van der Waals surface area (Å²) in [6, 6.07) is 11.1. The summed E-state index contributed by atoms with van der Waals surface area (Å²) in [5.41, 5.74) is 4.05. The van der Waals surface area contributed by atoms with Crippen LogP contribution in [-0.2, 0) is 14.8 Å². The van der Waals surface area contributed by atoms with Crippen LogP contribution in [0.15, 0.2) is 53.4 Å². The van der Waals surface area contributed by atoms with E-state index >= 15 is 0 Å². The number of carbonyl (C=O) groups is 2. The van der Waals surface area contributed by atoms with Crippen molar-refractivity contribution in [3.8, 4) is 0 Å². The molecule has 0 aromatic heterocycles. The van der Waals surface area contributed by atoms with Crippen LogP contribution < -0.4 is 10.9 Å². The van der Waals surface area contributed by atoms with Gasteiger partial charge in [-0.3, -0.25) is 20.4 Å². The molecule has 2 aromatic rings. The summed E-state index contributed by atoms with van der Waals surface area (Å²) in [6.45, 7) is 0.876. The molecular weight excluding hydrogens is 389 g/mol. The van der Waals surface area contributed by atoms with Crippen LogP contribution in [0.3, 0.4) is 0 Å². The molecule has 2 amide bonds. The first-order chi connectivity index (χ1) is 13.4. The number of morpholine rings is 1. The molecule has 8 nitrogen and oxygen atoms in total. The summed E-state index contributed by atoms with van der Waals surface area (Å²) in [6.07, 6.45) is 0. The van der Waals surface area contributed by atoms with E-state index in [2.05, 4.69) is 10.9 Å². The fourth-order valence-corrected chi connectivity index (χ4v) is 4.05. The van der Waals surface area contributed by atoms with Gasteiger partial charge in [0.05, 0.1) is 23.7 Å². The minimum absolute atomic E-state index is 0.175. The molecule has 1 fully saturated rings. The van der Waals surface area contributed by atoms with E-state index in [9.17, 15) is 22.4 Å². The molecule has 10 heteroatoms. The summed E-state index contributed by atoms with van der Waals surface area (Å²) in [7, 11) is -3.89. The summed E-state index contributed by atoms with van der Waals surface area (Å²) >= 11 is 0. The van der Waals surface area contributed by atoms with Crippen molar-refractivity contribution < 1.29 is 27.1 Å². The van der Waals surface area contributed by atoms with E-state index < -0.39 is 33.2 Å². The number of hydrazine groups is 1. The van der Waals surface area contributed by atoms with Crippen molar-refractivity contribution in [2.75, 3.05) is 26.3 Å². The number of sulfonamides is 1. The van der Waals surface area contributed by atoms with Gasteiger partial charge in [0, 0.05) is 18.7 Å². The molecular formula is C18H18FN3O5S. The van der Waals surface area contributed by atoms with Gasteiger partial charge in [0.2, 0.25) is 10.0 Å². The van der Waals surface area contributed by atoms with Crippen LogP contribution >= 0.6 is 0 Å². The number of hydrogen-bond acceptors (Lipinski definition) is 5. The highest BCUT2D eigenvalue weighted by atomic mass is 32.2. The van der Waals surface area contributed by atoms with Gasteiger partial charge in [-0.15, -0.1) is 0 Å². The molecule has 1 aliphatic rings. The number of halogens is 1. The van der Waals surface area contributed by atoms with Crippen LogP contribution in [0, 0.1) is 5.82 Å². The highest BCUT2D eigenvalue weighted by molar-refractivity contribution is 7.89. The van der Waals surface area contributed by atoms with Crippen molar-refractivity contribution in [2.45, 2.75) is 4.90 Å². The van der Waals surface area contributed by atoms with Gasteiger partial charge < -0.3 is 4.74 Å². The van der Waals surface area contributed by atoms with Gasteiger partial charge in [0.15, 0.2) is 0 Å². The number of rotatable bonds is 4. The van der Waals surface area contributed by atoms with E-state index in [1.54, 1.807) is 18.2 Å². The first kappa shape index (κ1) is 19.9. The molecule has 1 aliphatic heterocycles. The van der Waals surface area contributed by atoms with E-state index in [-0.39, 0.29) is 31.2 Å². The number of nitrogens with zero attached hydrogens (tertiary/aromatic N) is 1. The molecule has 2 N–H and O–H groups in total. The van der Waals surface area contributed by atoms with Gasteiger partial charge in [-0.2, -0.15) is 4.31 Å². The van der Waals surface area contributed by atoms with Crippen LogP contribution in [0.1, 0.15) is 20.7 Å². The van der Waals surface area contributed by atoms with Crippen LogP contribution in [0.5, 0.6) is 0 Å². The molecule has 0 aliphatic carbocycles. The normalized spacial score (nSPS) is 15.0. The first-order valence-electron chi connectivity index (χ1n) is 8.43. The molecule has 0 saturated carbocycles. The average Bonchev–Trinajstić information content (AvgIpc) is 2.73. The third kappa shape index (κ3) is 4.35. The zero-order valence-corrected chi connectivity index (χ0v) is 15.5. The van der Waals surface area contributed by atoms with E-state index in [0.29, 0.717) is 5.56 Å². The summed E-state index contributed by atoms with van der Waals surface area (Å²) < 4.78 is 45.8. The predicted molar refractivity (Wildman–Crippen MR) is 97.4 cm³/mol. The molecule has 2 aromatic carbocycles. The summed E-state index contributed by atoms with van der Waals surface area (Å²) in [5, 5.41) is 0. The second-order valence-electron chi connectivity index (χ2n) is 5.93. The average molecular weight is 407 g/mol. The number of benzene rings is 2. The highest BCUT2D eigenvalue weighted by Crippen LogP contribution is 2.20. The van der Waals surface area contributed by atoms with Gasteiger partial charge in [-0.05, 0) is 30.3 Å². The fourth-order valence-electron chi connectivity index (χ4n) is 2.62. The van der Waals surface area contributed by atoms with Crippen molar-refractivity contribution in [1.29, 1.82) is 0 Å². The van der Waals surface area contributed by atoms with Gasteiger partial charge in [0.25, 0.3) is 11.8 Å². The third-order valence-electron chi connectivity index (χ3n) is 4.12. The maximum atomic E-state index is 14.1. The lowest BCUT2D eigenvalue weighted by Gasteiger charge is -2.26. The lowest BCUT2D eigenvalue weighted by molar-refractivity contribution is 0.0730. The maximum absolute atomic E-state index is 14.1. The summed E-state index contributed by atoms with van der Waals surface area (Å²) in [4.78, 5) is 24.0. The topological polar surface area (TPSA) is 105 Å². The van der Waals surface area contributed by atoms with E-state index in [1.165, 1.54) is 16.4 Å². The summed E-state index contributed by atoms with van der Waals surface area (Å²) in [5.74, 6) is -2.47. The van der Waals surface area contributed by atoms with E-state index in [4.69, 9.17) is 4.74 Å². The largest absolute Gasteiger partial charge is 0.379 e. The van der Waals surface area contributed by atoms with Crippen molar-refractivity contribution in [1.82, 2.24) is 15.2 Å². The molecule has 3 rings (SSSR count). The Kier molecular flexibility index (Phi) is 6.02. The molecule has 1 saturated heterocycles. The lowest BCUT2D eigenvalue weighted by Crippen LogP contribution is -2.42. The zero-order valence-electron chi connectivity index (χ0n) is 14.7. The SMILES string of the molecule is O=C(NNC(=O)c1cc(S(=O)(=O)N2CCOCC2)ccc1F)c1ccccc1. The number of ether oxygens (including phenoxy) is 1. The molecule has 0 atom stereocenters. The molecule has 0 bridgehead atoms. The van der Waals surface area contributed by atoms with Crippen molar-refractivity contribution in [2.24, 2.45) is 0 Å². The Balaban J connectivity index is 1.75. The fraction of sp³-hybridized carbons (Fsp3) is 0.222. The lowest BCUT2D eigenvalue weighted by atomic mass is 10.2. The molecule has 148 valence electrons. The smallest absolute Gasteiger partial charge is 0.272 e. The Bertz CT molecular complexity index is 976. The van der Waals surface area contributed by atoms with Gasteiger partial charge >= 0.3 is 0 Å². The molecule has 1 heterocycles.